The van der Waals surface area contributed by atoms with E-state index in [0.29, 0.717) is 11.8 Å². The predicted octanol–water partition coefficient (Wildman–Crippen LogP) is 2.90. The highest BCUT2D eigenvalue weighted by atomic mass is 19.1. The monoisotopic (exact) mass is 289 g/mol. The molecular weight excluding hydrogens is 269 g/mol. The van der Waals surface area contributed by atoms with E-state index < -0.39 is 0 Å². The Labute approximate surface area is 124 Å². The van der Waals surface area contributed by atoms with Gasteiger partial charge in [0, 0.05) is 31.4 Å². The number of likely N-dealkylation sites (tertiary alicyclic amines) is 1. The minimum Gasteiger partial charge on any atom is -0.494 e. The third kappa shape index (κ3) is 2.93. The van der Waals surface area contributed by atoms with E-state index in [0.717, 1.165) is 31.5 Å². The first-order valence-corrected chi connectivity index (χ1v) is 7.22. The summed E-state index contributed by atoms with van der Waals surface area (Å²) >= 11 is 0. The van der Waals surface area contributed by atoms with Crippen LogP contribution in [-0.4, -0.2) is 28.3 Å². The van der Waals surface area contributed by atoms with Gasteiger partial charge in [0.05, 0.1) is 13.3 Å². The number of ether oxygens (including phenoxy) is 1. The summed E-state index contributed by atoms with van der Waals surface area (Å²) < 4.78 is 20.6. The lowest BCUT2D eigenvalue weighted by atomic mass is 10.1. The number of rotatable bonds is 4. The van der Waals surface area contributed by atoms with Gasteiger partial charge in [0.15, 0.2) is 11.6 Å². The number of benzene rings is 1. The summed E-state index contributed by atoms with van der Waals surface area (Å²) in [7, 11) is 3.42. The smallest absolute Gasteiger partial charge is 0.165 e. The largest absolute Gasteiger partial charge is 0.494 e. The van der Waals surface area contributed by atoms with Gasteiger partial charge in [0.25, 0.3) is 0 Å². The summed E-state index contributed by atoms with van der Waals surface area (Å²) in [6, 6.07) is 5.57. The lowest BCUT2D eigenvalue weighted by Gasteiger charge is -2.23. The first-order chi connectivity index (χ1) is 10.2. The maximum Gasteiger partial charge on any atom is 0.165 e. The van der Waals surface area contributed by atoms with Crippen LogP contribution in [0.2, 0.25) is 0 Å². The Bertz CT molecular complexity index is 626. The Hall–Kier alpha value is -1.88. The van der Waals surface area contributed by atoms with Gasteiger partial charge in [-0.1, -0.05) is 6.07 Å². The van der Waals surface area contributed by atoms with Crippen molar-refractivity contribution >= 4 is 0 Å². The molecule has 1 atom stereocenters. The molecule has 0 aliphatic carbocycles. The molecule has 3 rings (SSSR count). The zero-order valence-corrected chi connectivity index (χ0v) is 12.4. The van der Waals surface area contributed by atoms with E-state index in [1.54, 1.807) is 12.1 Å². The second kappa shape index (κ2) is 5.85. The average Bonchev–Trinajstić information content (AvgIpc) is 3.08. The number of methoxy groups -OCH3 is 1. The number of aromatic nitrogens is 2. The molecule has 1 aromatic carbocycles. The molecule has 0 saturated carbocycles. The molecule has 0 spiro atoms. The van der Waals surface area contributed by atoms with E-state index >= 15 is 0 Å². The van der Waals surface area contributed by atoms with Crippen molar-refractivity contribution in [2.75, 3.05) is 13.7 Å². The molecule has 0 unspecified atom stereocenters. The van der Waals surface area contributed by atoms with Gasteiger partial charge in [-0.25, -0.2) is 4.39 Å². The van der Waals surface area contributed by atoms with Crippen molar-refractivity contribution in [3.8, 4) is 5.75 Å². The van der Waals surface area contributed by atoms with Crippen LogP contribution < -0.4 is 4.74 Å². The van der Waals surface area contributed by atoms with Crippen molar-refractivity contribution in [2.45, 2.75) is 25.4 Å². The van der Waals surface area contributed by atoms with Gasteiger partial charge >= 0.3 is 0 Å². The number of hydrogen-bond donors (Lipinski definition) is 0. The van der Waals surface area contributed by atoms with E-state index in [1.807, 2.05) is 24.0 Å². The van der Waals surface area contributed by atoms with Gasteiger partial charge in [-0.3, -0.25) is 9.58 Å². The van der Waals surface area contributed by atoms with Crippen molar-refractivity contribution < 1.29 is 9.13 Å². The minimum atomic E-state index is -0.299. The summed E-state index contributed by atoms with van der Waals surface area (Å²) in [5.74, 6) is -0.00361. The molecular formula is C16H20FN3O. The minimum absolute atomic E-state index is 0.295. The lowest BCUT2D eigenvalue weighted by molar-refractivity contribution is 0.248. The molecule has 0 radical (unpaired) electrons. The van der Waals surface area contributed by atoms with Crippen LogP contribution >= 0.6 is 0 Å². The second-order valence-electron chi connectivity index (χ2n) is 5.54. The Balaban J connectivity index is 1.75. The molecule has 2 heterocycles. The highest BCUT2D eigenvalue weighted by Crippen LogP contribution is 2.33. The second-order valence-corrected chi connectivity index (χ2v) is 5.54. The maximum atomic E-state index is 13.8. The van der Waals surface area contributed by atoms with Crippen LogP contribution in [0.1, 0.15) is 30.0 Å². The van der Waals surface area contributed by atoms with E-state index in [-0.39, 0.29) is 5.82 Å². The number of halogens is 1. The van der Waals surface area contributed by atoms with Crippen LogP contribution in [0, 0.1) is 5.82 Å². The first-order valence-electron chi connectivity index (χ1n) is 7.22. The average molecular weight is 289 g/mol. The van der Waals surface area contributed by atoms with E-state index in [4.69, 9.17) is 4.74 Å². The van der Waals surface area contributed by atoms with Crippen LogP contribution in [0.5, 0.6) is 5.75 Å². The van der Waals surface area contributed by atoms with Crippen LogP contribution in [0.3, 0.4) is 0 Å². The van der Waals surface area contributed by atoms with E-state index in [1.165, 1.54) is 12.7 Å². The van der Waals surface area contributed by atoms with Crippen molar-refractivity contribution in [3.05, 3.63) is 47.5 Å². The fourth-order valence-corrected chi connectivity index (χ4v) is 3.05. The maximum absolute atomic E-state index is 13.8. The van der Waals surface area contributed by atoms with Crippen LogP contribution in [0.4, 0.5) is 4.39 Å². The molecule has 1 fully saturated rings. The normalized spacial score (nSPS) is 19.1. The topological polar surface area (TPSA) is 30.3 Å². The molecule has 1 aliphatic heterocycles. The molecule has 0 N–H and O–H groups in total. The summed E-state index contributed by atoms with van der Waals surface area (Å²) in [5, 5.41) is 4.25. The highest BCUT2D eigenvalue weighted by Gasteiger charge is 2.27. The highest BCUT2D eigenvalue weighted by molar-refractivity contribution is 5.29. The Kier molecular flexibility index (Phi) is 3.92. The standard InChI is InChI=1S/C16H20FN3O/c1-19-11-13(9-18-19)15-4-3-7-20(15)10-12-5-6-16(21-2)14(17)8-12/h5-6,8-9,11,15H,3-4,7,10H2,1-2H3/t15-/m1/s1. The summed E-state index contributed by atoms with van der Waals surface area (Å²) in [4.78, 5) is 2.39. The third-order valence-electron chi connectivity index (χ3n) is 4.08. The molecule has 4 nitrogen and oxygen atoms in total. The van der Waals surface area contributed by atoms with Gasteiger partial charge in [-0.05, 0) is 37.1 Å². The van der Waals surface area contributed by atoms with Crippen LogP contribution in [0.25, 0.3) is 0 Å². The van der Waals surface area contributed by atoms with Crippen molar-refractivity contribution in [1.82, 2.24) is 14.7 Å². The summed E-state index contributed by atoms with van der Waals surface area (Å²) in [6.07, 6.45) is 6.29. The molecule has 0 bridgehead atoms. The predicted molar refractivity (Wildman–Crippen MR) is 78.5 cm³/mol. The van der Waals surface area contributed by atoms with Crippen molar-refractivity contribution in [1.29, 1.82) is 0 Å². The molecule has 1 saturated heterocycles. The molecule has 1 aliphatic rings. The summed E-state index contributed by atoms with van der Waals surface area (Å²) in [6.45, 7) is 1.79. The van der Waals surface area contributed by atoms with Crippen molar-refractivity contribution in [3.63, 3.8) is 0 Å². The molecule has 5 heteroatoms. The number of nitrogens with zero attached hydrogens (tertiary/aromatic N) is 3. The van der Waals surface area contributed by atoms with Crippen LogP contribution in [-0.2, 0) is 13.6 Å². The Morgan fingerprint density at radius 1 is 1.43 bits per heavy atom. The fourth-order valence-electron chi connectivity index (χ4n) is 3.05. The van der Waals surface area contributed by atoms with Gasteiger partial charge in [0.1, 0.15) is 0 Å². The van der Waals surface area contributed by atoms with Gasteiger partial charge in [-0.15, -0.1) is 0 Å². The lowest BCUT2D eigenvalue weighted by Crippen LogP contribution is -2.22. The van der Waals surface area contributed by atoms with E-state index in [2.05, 4.69) is 16.2 Å². The molecule has 112 valence electrons. The van der Waals surface area contributed by atoms with Gasteiger partial charge in [0.2, 0.25) is 0 Å². The van der Waals surface area contributed by atoms with Crippen LogP contribution in [0.15, 0.2) is 30.6 Å². The molecule has 0 amide bonds. The molecule has 2 aromatic rings. The first kappa shape index (κ1) is 14.1. The van der Waals surface area contributed by atoms with Gasteiger partial charge < -0.3 is 4.74 Å². The molecule has 1 aromatic heterocycles. The quantitative estimate of drug-likeness (QED) is 0.867. The Morgan fingerprint density at radius 3 is 2.95 bits per heavy atom. The summed E-state index contributed by atoms with van der Waals surface area (Å²) in [5.41, 5.74) is 2.22. The zero-order chi connectivity index (χ0) is 14.8. The third-order valence-corrected chi connectivity index (χ3v) is 4.08. The van der Waals surface area contributed by atoms with Gasteiger partial charge in [-0.2, -0.15) is 5.10 Å². The Morgan fingerprint density at radius 2 is 2.29 bits per heavy atom. The number of hydrogen-bond acceptors (Lipinski definition) is 3. The van der Waals surface area contributed by atoms with Crippen molar-refractivity contribution in [2.24, 2.45) is 7.05 Å². The SMILES string of the molecule is COc1ccc(CN2CCC[C@@H]2c2cnn(C)c2)cc1F. The fraction of sp³-hybridized carbons (Fsp3) is 0.438. The van der Waals surface area contributed by atoms with E-state index in [9.17, 15) is 4.39 Å². The molecule has 21 heavy (non-hydrogen) atoms. The zero-order valence-electron chi connectivity index (χ0n) is 12.4. The number of aryl methyl sites for hydroxylation is 1.